The van der Waals surface area contributed by atoms with Crippen molar-refractivity contribution >= 4 is 28.6 Å². The van der Waals surface area contributed by atoms with E-state index in [2.05, 4.69) is 9.72 Å². The number of halogens is 3. The predicted octanol–water partition coefficient (Wildman–Crippen LogP) is 2.67. The van der Waals surface area contributed by atoms with Gasteiger partial charge in [-0.3, -0.25) is 0 Å². The number of carbonyl (C=O) groups excluding carboxylic acids is 1. The molecule has 7 heteroatoms. The topological polar surface area (TPSA) is 63.0 Å². The second kappa shape index (κ2) is 5.86. The summed E-state index contributed by atoms with van der Waals surface area (Å²) >= 11 is 1.59. The van der Waals surface area contributed by atoms with Crippen LogP contribution in [-0.4, -0.2) is 17.6 Å². The van der Waals surface area contributed by atoms with Crippen molar-refractivity contribution in [2.45, 2.75) is 13.3 Å². The van der Waals surface area contributed by atoms with E-state index in [1.807, 2.05) is 0 Å². The first-order valence-electron chi connectivity index (χ1n) is 4.57. The van der Waals surface area contributed by atoms with Gasteiger partial charge in [0.05, 0.1) is 10.2 Å². The van der Waals surface area contributed by atoms with Crippen LogP contribution >= 0.6 is 22.6 Å². The molecule has 0 aliphatic rings. The van der Waals surface area contributed by atoms with Crippen LogP contribution in [0.4, 0.5) is 8.78 Å². The van der Waals surface area contributed by atoms with Crippen LogP contribution in [0.2, 0.25) is 0 Å². The first-order valence-corrected chi connectivity index (χ1v) is 5.65. The molecule has 0 aliphatic heterocycles. The molecule has 0 N–H and O–H groups in total. The summed E-state index contributed by atoms with van der Waals surface area (Å²) in [6.45, 7) is 1.70. The molecule has 1 rings (SSSR count). The standard InChI is InChI=1S/C10H7F2IN2O2/c1-2-17-10(16)8-7(13)6(9(11)12)3-5(4-14)15-8/h3,9H,2H2,1H3. The van der Waals surface area contributed by atoms with Gasteiger partial charge in [-0.1, -0.05) is 0 Å². The van der Waals surface area contributed by atoms with Gasteiger partial charge >= 0.3 is 5.97 Å². The molecule has 0 amide bonds. The van der Waals surface area contributed by atoms with Gasteiger partial charge in [-0.05, 0) is 35.6 Å². The molecule has 0 atom stereocenters. The molecule has 0 unspecified atom stereocenters. The minimum atomic E-state index is -2.77. The molecule has 0 aromatic carbocycles. The molecule has 0 aliphatic carbocycles. The Kier molecular flexibility index (Phi) is 4.74. The lowest BCUT2D eigenvalue weighted by Crippen LogP contribution is -2.12. The summed E-state index contributed by atoms with van der Waals surface area (Å²) in [5.74, 6) is -0.809. The molecular formula is C10H7F2IN2O2. The summed E-state index contributed by atoms with van der Waals surface area (Å²) < 4.78 is 30.1. The quantitative estimate of drug-likeness (QED) is 0.620. The fraction of sp³-hybridized carbons (Fsp3) is 0.300. The zero-order valence-corrected chi connectivity index (χ0v) is 10.9. The fourth-order valence-electron chi connectivity index (χ4n) is 1.10. The fourth-order valence-corrected chi connectivity index (χ4v) is 1.83. The molecule has 0 radical (unpaired) electrons. The van der Waals surface area contributed by atoms with Gasteiger partial charge in [0.2, 0.25) is 0 Å². The molecule has 1 aromatic heterocycles. The van der Waals surface area contributed by atoms with Crippen LogP contribution < -0.4 is 0 Å². The number of esters is 1. The van der Waals surface area contributed by atoms with Crippen LogP contribution in [0.3, 0.4) is 0 Å². The van der Waals surface area contributed by atoms with Crippen molar-refractivity contribution in [3.05, 3.63) is 26.6 Å². The van der Waals surface area contributed by atoms with E-state index in [1.54, 1.807) is 35.6 Å². The van der Waals surface area contributed by atoms with E-state index in [4.69, 9.17) is 5.26 Å². The molecule has 0 fully saturated rings. The smallest absolute Gasteiger partial charge is 0.358 e. The van der Waals surface area contributed by atoms with Gasteiger partial charge in [0.25, 0.3) is 6.43 Å². The third kappa shape index (κ3) is 3.09. The van der Waals surface area contributed by atoms with Crippen molar-refractivity contribution in [2.75, 3.05) is 6.61 Å². The van der Waals surface area contributed by atoms with Crippen LogP contribution in [0, 0.1) is 14.9 Å². The van der Waals surface area contributed by atoms with E-state index in [0.29, 0.717) is 0 Å². The maximum Gasteiger partial charge on any atom is 0.358 e. The number of ether oxygens (including phenoxy) is 1. The highest BCUT2D eigenvalue weighted by molar-refractivity contribution is 14.1. The Hall–Kier alpha value is -1.30. The van der Waals surface area contributed by atoms with Crippen molar-refractivity contribution in [2.24, 2.45) is 0 Å². The van der Waals surface area contributed by atoms with Gasteiger partial charge < -0.3 is 4.74 Å². The highest BCUT2D eigenvalue weighted by Crippen LogP contribution is 2.27. The summed E-state index contributed by atoms with van der Waals surface area (Å²) in [6.07, 6.45) is -2.77. The van der Waals surface area contributed by atoms with E-state index in [1.165, 1.54) is 0 Å². The Balaban J connectivity index is 3.35. The Morgan fingerprint density at radius 1 is 1.71 bits per heavy atom. The SMILES string of the molecule is CCOC(=O)c1nc(C#N)cc(C(F)F)c1I. The van der Waals surface area contributed by atoms with Crippen molar-refractivity contribution in [3.8, 4) is 6.07 Å². The summed E-state index contributed by atoms with van der Waals surface area (Å²) in [6, 6.07) is 2.60. The normalized spacial score (nSPS) is 10.1. The molecule has 90 valence electrons. The number of hydrogen-bond acceptors (Lipinski definition) is 4. The molecule has 0 saturated heterocycles. The summed E-state index contributed by atoms with van der Waals surface area (Å²) in [7, 11) is 0. The van der Waals surface area contributed by atoms with E-state index >= 15 is 0 Å². The van der Waals surface area contributed by atoms with E-state index in [-0.39, 0.29) is 27.1 Å². The number of nitriles is 1. The van der Waals surface area contributed by atoms with E-state index in [9.17, 15) is 13.6 Å². The lowest BCUT2D eigenvalue weighted by Gasteiger charge is -2.08. The second-order valence-electron chi connectivity index (χ2n) is 2.89. The van der Waals surface area contributed by atoms with Crippen molar-refractivity contribution < 1.29 is 18.3 Å². The maximum atomic E-state index is 12.7. The molecule has 0 spiro atoms. The molecule has 1 aromatic rings. The first-order chi connectivity index (χ1) is 8.01. The average molecular weight is 352 g/mol. The number of aromatic nitrogens is 1. The second-order valence-corrected chi connectivity index (χ2v) is 3.97. The third-order valence-electron chi connectivity index (χ3n) is 1.80. The van der Waals surface area contributed by atoms with Crippen molar-refractivity contribution in [1.82, 2.24) is 4.98 Å². The monoisotopic (exact) mass is 352 g/mol. The molecule has 4 nitrogen and oxygen atoms in total. The molecule has 0 saturated carbocycles. The van der Waals surface area contributed by atoms with Gasteiger partial charge in [-0.2, -0.15) is 5.26 Å². The third-order valence-corrected chi connectivity index (χ3v) is 2.94. The van der Waals surface area contributed by atoms with Crippen LogP contribution in [0.5, 0.6) is 0 Å². The maximum absolute atomic E-state index is 12.7. The van der Waals surface area contributed by atoms with Crippen LogP contribution in [0.25, 0.3) is 0 Å². The van der Waals surface area contributed by atoms with Crippen molar-refractivity contribution in [3.63, 3.8) is 0 Å². The Bertz CT molecular complexity index is 486. The zero-order valence-electron chi connectivity index (χ0n) is 8.71. The lowest BCUT2D eigenvalue weighted by molar-refractivity contribution is 0.0517. The van der Waals surface area contributed by atoms with Crippen LogP contribution in [-0.2, 0) is 4.74 Å². The van der Waals surface area contributed by atoms with Gasteiger partial charge in [-0.25, -0.2) is 18.6 Å². The van der Waals surface area contributed by atoms with Gasteiger partial charge in [0.1, 0.15) is 11.8 Å². The minimum absolute atomic E-state index is 0.00931. The Morgan fingerprint density at radius 2 is 2.35 bits per heavy atom. The highest BCUT2D eigenvalue weighted by atomic mass is 127. The average Bonchev–Trinajstić information content (AvgIpc) is 2.29. The van der Waals surface area contributed by atoms with Gasteiger partial charge in [0, 0.05) is 5.56 Å². The number of nitrogens with zero attached hydrogens (tertiary/aromatic N) is 2. The van der Waals surface area contributed by atoms with Crippen LogP contribution in [0.15, 0.2) is 6.07 Å². The zero-order chi connectivity index (χ0) is 13.0. The minimum Gasteiger partial charge on any atom is -0.461 e. The Labute approximate surface area is 110 Å². The number of pyridine rings is 1. The first kappa shape index (κ1) is 13.8. The summed E-state index contributed by atoms with van der Waals surface area (Å²) in [5, 5.41) is 8.66. The number of alkyl halides is 2. The van der Waals surface area contributed by atoms with Gasteiger partial charge in [0.15, 0.2) is 5.69 Å². The predicted molar refractivity (Wildman–Crippen MR) is 62.6 cm³/mol. The molecule has 0 bridgehead atoms. The summed E-state index contributed by atoms with van der Waals surface area (Å²) in [4.78, 5) is 15.1. The highest BCUT2D eigenvalue weighted by Gasteiger charge is 2.22. The lowest BCUT2D eigenvalue weighted by atomic mass is 10.2. The number of hydrogen-bond donors (Lipinski definition) is 0. The van der Waals surface area contributed by atoms with Gasteiger partial charge in [-0.15, -0.1) is 0 Å². The summed E-state index contributed by atoms with van der Waals surface area (Å²) in [5.41, 5.74) is -0.870. The molecular weight excluding hydrogens is 345 g/mol. The van der Waals surface area contributed by atoms with Crippen LogP contribution in [0.1, 0.15) is 35.1 Å². The molecule has 17 heavy (non-hydrogen) atoms. The Morgan fingerprint density at radius 3 is 2.82 bits per heavy atom. The molecule has 1 heterocycles. The van der Waals surface area contributed by atoms with E-state index < -0.39 is 12.4 Å². The number of rotatable bonds is 3. The van der Waals surface area contributed by atoms with E-state index in [0.717, 1.165) is 6.07 Å². The van der Waals surface area contributed by atoms with Crippen molar-refractivity contribution in [1.29, 1.82) is 5.26 Å². The largest absolute Gasteiger partial charge is 0.461 e. The number of carbonyl (C=O) groups is 1.